The fraction of sp³-hybridized carbons (Fsp3) is 0.316. The molecule has 3 heteroatoms. The van der Waals surface area contributed by atoms with E-state index in [4.69, 9.17) is 0 Å². The van der Waals surface area contributed by atoms with Gasteiger partial charge in [-0.25, -0.2) is 4.79 Å². The van der Waals surface area contributed by atoms with Gasteiger partial charge in [-0.3, -0.25) is 0 Å². The molecule has 1 saturated carbocycles. The van der Waals surface area contributed by atoms with Crippen molar-refractivity contribution >= 4 is 11.7 Å². The van der Waals surface area contributed by atoms with E-state index in [1.165, 1.54) is 11.1 Å². The maximum absolute atomic E-state index is 12.1. The predicted octanol–water partition coefficient (Wildman–Crippen LogP) is 4.16. The van der Waals surface area contributed by atoms with Gasteiger partial charge in [0.2, 0.25) is 0 Å². The third kappa shape index (κ3) is 3.14. The SMILES string of the molecule is Cc1ccc(NC(=O)NCC2(c3ccccc3)CC2)c(C)c1. The van der Waals surface area contributed by atoms with Crippen LogP contribution >= 0.6 is 0 Å². The lowest BCUT2D eigenvalue weighted by Crippen LogP contribution is -2.35. The van der Waals surface area contributed by atoms with Gasteiger partial charge >= 0.3 is 6.03 Å². The van der Waals surface area contributed by atoms with Gasteiger partial charge in [0.15, 0.2) is 0 Å². The summed E-state index contributed by atoms with van der Waals surface area (Å²) in [6, 6.07) is 16.4. The van der Waals surface area contributed by atoms with Crippen LogP contribution in [0.4, 0.5) is 10.5 Å². The lowest BCUT2D eigenvalue weighted by atomic mass is 9.96. The number of nitrogens with one attached hydrogen (secondary N) is 2. The Bertz CT molecular complexity index is 675. The number of benzene rings is 2. The van der Waals surface area contributed by atoms with Crippen molar-refractivity contribution in [2.24, 2.45) is 0 Å². The first-order valence-corrected chi connectivity index (χ1v) is 7.77. The van der Waals surface area contributed by atoms with E-state index in [1.54, 1.807) is 0 Å². The molecule has 0 bridgehead atoms. The summed E-state index contributed by atoms with van der Waals surface area (Å²) in [7, 11) is 0. The molecule has 0 spiro atoms. The van der Waals surface area contributed by atoms with Crippen LogP contribution in [0.1, 0.15) is 29.5 Å². The molecule has 0 atom stereocenters. The molecule has 0 aromatic heterocycles. The Morgan fingerprint density at radius 3 is 2.45 bits per heavy atom. The maximum atomic E-state index is 12.1. The monoisotopic (exact) mass is 294 g/mol. The minimum Gasteiger partial charge on any atom is -0.337 e. The van der Waals surface area contributed by atoms with Crippen molar-refractivity contribution in [3.63, 3.8) is 0 Å². The lowest BCUT2D eigenvalue weighted by Gasteiger charge is -2.17. The first kappa shape index (κ1) is 14.6. The maximum Gasteiger partial charge on any atom is 0.319 e. The average molecular weight is 294 g/mol. The minimum atomic E-state index is -0.130. The van der Waals surface area contributed by atoms with Crippen LogP contribution in [-0.4, -0.2) is 12.6 Å². The van der Waals surface area contributed by atoms with E-state index >= 15 is 0 Å². The van der Waals surface area contributed by atoms with Crippen molar-refractivity contribution in [1.29, 1.82) is 0 Å². The van der Waals surface area contributed by atoms with Crippen molar-refractivity contribution in [2.45, 2.75) is 32.1 Å². The summed E-state index contributed by atoms with van der Waals surface area (Å²) < 4.78 is 0. The van der Waals surface area contributed by atoms with Crippen molar-refractivity contribution in [2.75, 3.05) is 11.9 Å². The van der Waals surface area contributed by atoms with Gasteiger partial charge in [0.25, 0.3) is 0 Å². The normalized spacial score (nSPS) is 15.2. The number of amides is 2. The molecule has 0 unspecified atom stereocenters. The topological polar surface area (TPSA) is 41.1 Å². The summed E-state index contributed by atoms with van der Waals surface area (Å²) in [6.07, 6.45) is 2.28. The van der Waals surface area contributed by atoms with Crippen LogP contribution in [0.15, 0.2) is 48.5 Å². The number of anilines is 1. The summed E-state index contributed by atoms with van der Waals surface area (Å²) in [5, 5.41) is 5.96. The Labute approximate surface area is 131 Å². The van der Waals surface area contributed by atoms with Crippen LogP contribution < -0.4 is 10.6 Å². The fourth-order valence-electron chi connectivity index (χ4n) is 2.88. The Morgan fingerprint density at radius 2 is 1.82 bits per heavy atom. The summed E-state index contributed by atoms with van der Waals surface area (Å²) in [5.41, 5.74) is 4.61. The number of carbonyl (C=O) groups is 1. The van der Waals surface area contributed by atoms with Crippen LogP contribution in [0.5, 0.6) is 0 Å². The second-order valence-electron chi connectivity index (χ2n) is 6.27. The predicted molar refractivity (Wildman–Crippen MR) is 90.3 cm³/mol. The number of carbonyl (C=O) groups excluding carboxylic acids is 1. The molecule has 0 saturated heterocycles. The van der Waals surface area contributed by atoms with E-state index in [0.717, 1.165) is 24.1 Å². The van der Waals surface area contributed by atoms with Crippen molar-refractivity contribution < 1.29 is 4.79 Å². The van der Waals surface area contributed by atoms with Crippen LogP contribution in [0.25, 0.3) is 0 Å². The highest BCUT2D eigenvalue weighted by Crippen LogP contribution is 2.47. The Balaban J connectivity index is 1.59. The summed E-state index contributed by atoms with van der Waals surface area (Å²) in [4.78, 5) is 12.1. The fourth-order valence-corrected chi connectivity index (χ4v) is 2.88. The first-order chi connectivity index (χ1) is 10.6. The molecule has 1 fully saturated rings. The van der Waals surface area contributed by atoms with Gasteiger partial charge in [-0.2, -0.15) is 0 Å². The Hall–Kier alpha value is -2.29. The van der Waals surface area contributed by atoms with Gasteiger partial charge in [0.1, 0.15) is 0 Å². The number of hydrogen-bond acceptors (Lipinski definition) is 1. The second-order valence-corrected chi connectivity index (χ2v) is 6.27. The zero-order valence-corrected chi connectivity index (χ0v) is 13.1. The molecule has 2 aromatic rings. The number of rotatable bonds is 4. The third-order valence-corrected chi connectivity index (χ3v) is 4.46. The van der Waals surface area contributed by atoms with Gasteiger partial charge in [-0.05, 0) is 43.9 Å². The Morgan fingerprint density at radius 1 is 1.09 bits per heavy atom. The smallest absolute Gasteiger partial charge is 0.319 e. The minimum absolute atomic E-state index is 0.130. The quantitative estimate of drug-likeness (QED) is 0.873. The van der Waals surface area contributed by atoms with Gasteiger partial charge in [0, 0.05) is 17.6 Å². The van der Waals surface area contributed by atoms with Crippen molar-refractivity contribution in [1.82, 2.24) is 5.32 Å². The largest absolute Gasteiger partial charge is 0.337 e. The standard InChI is InChI=1S/C19H22N2O/c1-14-8-9-17(15(2)12-14)21-18(22)20-13-19(10-11-19)16-6-4-3-5-7-16/h3-9,12H,10-11,13H2,1-2H3,(H2,20,21,22). The molecular weight excluding hydrogens is 272 g/mol. The van der Waals surface area contributed by atoms with Crippen molar-refractivity contribution in [3.05, 3.63) is 65.2 Å². The van der Waals surface area contributed by atoms with E-state index in [-0.39, 0.29) is 11.4 Å². The van der Waals surface area contributed by atoms with E-state index in [2.05, 4.69) is 41.0 Å². The molecule has 3 rings (SSSR count). The highest BCUT2D eigenvalue weighted by Gasteiger charge is 2.44. The molecule has 114 valence electrons. The molecule has 2 aromatic carbocycles. The summed E-state index contributed by atoms with van der Waals surface area (Å²) >= 11 is 0. The molecule has 22 heavy (non-hydrogen) atoms. The van der Waals surface area contributed by atoms with Gasteiger partial charge in [0.05, 0.1) is 0 Å². The summed E-state index contributed by atoms with van der Waals surface area (Å²) in [5.74, 6) is 0. The van der Waals surface area contributed by atoms with Gasteiger partial charge in [-0.15, -0.1) is 0 Å². The van der Waals surface area contributed by atoms with Crippen LogP contribution in [0.2, 0.25) is 0 Å². The lowest BCUT2D eigenvalue weighted by molar-refractivity contribution is 0.251. The second kappa shape index (κ2) is 5.84. The highest BCUT2D eigenvalue weighted by molar-refractivity contribution is 5.90. The van der Waals surface area contributed by atoms with Gasteiger partial charge < -0.3 is 10.6 Å². The Kier molecular flexibility index (Phi) is 3.88. The highest BCUT2D eigenvalue weighted by atomic mass is 16.2. The number of aryl methyl sites for hydroxylation is 2. The van der Waals surface area contributed by atoms with Crippen LogP contribution in [0, 0.1) is 13.8 Å². The molecule has 1 aliphatic rings. The molecule has 2 N–H and O–H groups in total. The van der Waals surface area contributed by atoms with Crippen molar-refractivity contribution in [3.8, 4) is 0 Å². The van der Waals surface area contributed by atoms with E-state index in [0.29, 0.717) is 6.54 Å². The van der Waals surface area contributed by atoms with E-state index in [9.17, 15) is 4.79 Å². The molecule has 1 aliphatic carbocycles. The van der Waals surface area contributed by atoms with E-state index < -0.39 is 0 Å². The zero-order chi connectivity index (χ0) is 15.6. The first-order valence-electron chi connectivity index (χ1n) is 7.77. The molecule has 2 amide bonds. The molecule has 0 aliphatic heterocycles. The zero-order valence-electron chi connectivity index (χ0n) is 13.1. The molecule has 3 nitrogen and oxygen atoms in total. The van der Waals surface area contributed by atoms with E-state index in [1.807, 2.05) is 32.0 Å². The number of urea groups is 1. The average Bonchev–Trinajstić information content (AvgIpc) is 3.30. The summed E-state index contributed by atoms with van der Waals surface area (Å²) in [6.45, 7) is 4.75. The molecule has 0 heterocycles. The number of hydrogen-bond donors (Lipinski definition) is 2. The molecular formula is C19H22N2O. The third-order valence-electron chi connectivity index (χ3n) is 4.46. The molecule has 0 radical (unpaired) electrons. The van der Waals surface area contributed by atoms with Crippen LogP contribution in [-0.2, 0) is 5.41 Å². The van der Waals surface area contributed by atoms with Crippen LogP contribution in [0.3, 0.4) is 0 Å². The van der Waals surface area contributed by atoms with Gasteiger partial charge in [-0.1, -0.05) is 48.0 Å².